The SMILES string of the molecule is CC(NC(=O)Cn1cccn1)C1CCCNC1. The van der Waals surface area contributed by atoms with Gasteiger partial charge in [0.25, 0.3) is 0 Å². The van der Waals surface area contributed by atoms with E-state index in [1.807, 2.05) is 6.07 Å². The molecule has 1 aliphatic rings. The molecule has 2 rings (SSSR count). The van der Waals surface area contributed by atoms with Crippen molar-refractivity contribution in [1.29, 1.82) is 0 Å². The fourth-order valence-electron chi connectivity index (χ4n) is 2.26. The van der Waals surface area contributed by atoms with Gasteiger partial charge in [0.1, 0.15) is 6.54 Å². The third-order valence-electron chi connectivity index (χ3n) is 3.30. The van der Waals surface area contributed by atoms with Gasteiger partial charge < -0.3 is 10.6 Å². The molecule has 17 heavy (non-hydrogen) atoms. The first-order valence-electron chi connectivity index (χ1n) is 6.23. The van der Waals surface area contributed by atoms with Crippen LogP contribution in [-0.4, -0.2) is 34.8 Å². The minimum absolute atomic E-state index is 0.0340. The van der Waals surface area contributed by atoms with Gasteiger partial charge in [0.05, 0.1) is 0 Å². The average Bonchev–Trinajstić information content (AvgIpc) is 2.82. The van der Waals surface area contributed by atoms with Crippen molar-refractivity contribution in [2.24, 2.45) is 5.92 Å². The van der Waals surface area contributed by atoms with E-state index in [2.05, 4.69) is 22.7 Å². The summed E-state index contributed by atoms with van der Waals surface area (Å²) < 4.78 is 1.64. The third kappa shape index (κ3) is 3.56. The summed E-state index contributed by atoms with van der Waals surface area (Å²) in [6.45, 7) is 4.49. The highest BCUT2D eigenvalue weighted by Crippen LogP contribution is 2.13. The Kier molecular flexibility index (Phi) is 4.14. The van der Waals surface area contributed by atoms with E-state index in [1.54, 1.807) is 17.1 Å². The van der Waals surface area contributed by atoms with Crippen LogP contribution in [0.1, 0.15) is 19.8 Å². The molecule has 2 atom stereocenters. The van der Waals surface area contributed by atoms with Crippen molar-refractivity contribution >= 4 is 5.91 Å². The van der Waals surface area contributed by atoms with Gasteiger partial charge in [-0.25, -0.2) is 0 Å². The molecule has 5 heteroatoms. The van der Waals surface area contributed by atoms with Crippen LogP contribution >= 0.6 is 0 Å². The third-order valence-corrected chi connectivity index (χ3v) is 3.30. The standard InChI is InChI=1S/C12H20N4O/c1-10(11-4-2-5-13-8-11)15-12(17)9-16-7-3-6-14-16/h3,6-7,10-11,13H,2,4-5,8-9H2,1H3,(H,15,17). The zero-order chi connectivity index (χ0) is 12.1. The van der Waals surface area contributed by atoms with Crippen molar-refractivity contribution in [3.05, 3.63) is 18.5 Å². The van der Waals surface area contributed by atoms with Gasteiger partial charge in [0, 0.05) is 18.4 Å². The van der Waals surface area contributed by atoms with Gasteiger partial charge in [-0.3, -0.25) is 9.48 Å². The highest BCUT2D eigenvalue weighted by atomic mass is 16.2. The molecular formula is C12H20N4O. The van der Waals surface area contributed by atoms with Crippen molar-refractivity contribution in [2.75, 3.05) is 13.1 Å². The van der Waals surface area contributed by atoms with Crippen LogP contribution < -0.4 is 10.6 Å². The Labute approximate surface area is 102 Å². The van der Waals surface area contributed by atoms with Crippen LogP contribution in [0.4, 0.5) is 0 Å². The van der Waals surface area contributed by atoms with Crippen molar-refractivity contribution in [3.63, 3.8) is 0 Å². The molecule has 5 nitrogen and oxygen atoms in total. The highest BCUT2D eigenvalue weighted by molar-refractivity contribution is 5.75. The number of nitrogens with one attached hydrogen (secondary N) is 2. The lowest BCUT2D eigenvalue weighted by atomic mass is 9.93. The first-order valence-corrected chi connectivity index (χ1v) is 6.23. The van der Waals surface area contributed by atoms with Crippen molar-refractivity contribution in [3.8, 4) is 0 Å². The Balaban J connectivity index is 1.77. The highest BCUT2D eigenvalue weighted by Gasteiger charge is 2.21. The van der Waals surface area contributed by atoms with E-state index >= 15 is 0 Å². The van der Waals surface area contributed by atoms with Gasteiger partial charge in [-0.05, 0) is 44.8 Å². The topological polar surface area (TPSA) is 59.0 Å². The number of nitrogens with zero attached hydrogens (tertiary/aromatic N) is 2. The number of hydrogen-bond donors (Lipinski definition) is 2. The summed E-state index contributed by atoms with van der Waals surface area (Å²) in [6.07, 6.45) is 5.87. The predicted molar refractivity (Wildman–Crippen MR) is 65.4 cm³/mol. The van der Waals surface area contributed by atoms with Gasteiger partial charge in [-0.15, -0.1) is 0 Å². The van der Waals surface area contributed by atoms with E-state index in [0.29, 0.717) is 12.5 Å². The monoisotopic (exact) mass is 236 g/mol. The minimum Gasteiger partial charge on any atom is -0.352 e. The van der Waals surface area contributed by atoms with Crippen molar-refractivity contribution in [1.82, 2.24) is 20.4 Å². The smallest absolute Gasteiger partial charge is 0.241 e. The Morgan fingerprint density at radius 3 is 3.24 bits per heavy atom. The molecule has 1 aromatic rings. The fourth-order valence-corrected chi connectivity index (χ4v) is 2.26. The molecule has 1 aliphatic heterocycles. The van der Waals surface area contributed by atoms with Crippen LogP contribution in [-0.2, 0) is 11.3 Å². The van der Waals surface area contributed by atoms with Gasteiger partial charge in [0.15, 0.2) is 0 Å². The molecule has 1 saturated heterocycles. The fraction of sp³-hybridized carbons (Fsp3) is 0.667. The van der Waals surface area contributed by atoms with E-state index in [0.717, 1.165) is 13.1 Å². The molecule has 0 spiro atoms. The Morgan fingerprint density at radius 2 is 2.59 bits per heavy atom. The number of hydrogen-bond acceptors (Lipinski definition) is 3. The zero-order valence-corrected chi connectivity index (χ0v) is 10.2. The minimum atomic E-state index is 0.0340. The van der Waals surface area contributed by atoms with Crippen LogP contribution in [0.25, 0.3) is 0 Å². The normalized spacial score (nSPS) is 22.1. The molecule has 2 N–H and O–H groups in total. The molecule has 1 aromatic heterocycles. The van der Waals surface area contributed by atoms with Gasteiger partial charge in [-0.1, -0.05) is 0 Å². The van der Waals surface area contributed by atoms with Crippen LogP contribution in [0.2, 0.25) is 0 Å². The second-order valence-electron chi connectivity index (χ2n) is 4.67. The molecule has 0 aliphatic carbocycles. The molecule has 2 heterocycles. The lowest BCUT2D eigenvalue weighted by molar-refractivity contribution is -0.122. The van der Waals surface area contributed by atoms with Gasteiger partial charge in [0.2, 0.25) is 5.91 Å². The number of aromatic nitrogens is 2. The van der Waals surface area contributed by atoms with E-state index in [-0.39, 0.29) is 11.9 Å². The summed E-state index contributed by atoms with van der Waals surface area (Å²) in [5.74, 6) is 0.581. The number of rotatable bonds is 4. The summed E-state index contributed by atoms with van der Waals surface area (Å²) in [6, 6.07) is 2.05. The van der Waals surface area contributed by atoms with Crippen molar-refractivity contribution < 1.29 is 4.79 Å². The maximum atomic E-state index is 11.8. The van der Waals surface area contributed by atoms with E-state index in [9.17, 15) is 4.79 Å². The maximum absolute atomic E-state index is 11.8. The number of carbonyl (C=O) groups is 1. The van der Waals surface area contributed by atoms with Crippen LogP contribution in [0.3, 0.4) is 0 Å². The molecule has 2 unspecified atom stereocenters. The van der Waals surface area contributed by atoms with Gasteiger partial charge in [-0.2, -0.15) is 5.10 Å². The second-order valence-corrected chi connectivity index (χ2v) is 4.67. The second kappa shape index (κ2) is 5.82. The molecular weight excluding hydrogens is 216 g/mol. The number of carbonyl (C=O) groups excluding carboxylic acids is 1. The summed E-state index contributed by atoms with van der Waals surface area (Å²) in [7, 11) is 0. The van der Waals surface area contributed by atoms with Gasteiger partial charge >= 0.3 is 0 Å². The lowest BCUT2D eigenvalue weighted by Gasteiger charge is -2.28. The maximum Gasteiger partial charge on any atom is 0.241 e. The van der Waals surface area contributed by atoms with Crippen LogP contribution in [0.15, 0.2) is 18.5 Å². The molecule has 0 aromatic carbocycles. The quantitative estimate of drug-likeness (QED) is 0.795. The molecule has 94 valence electrons. The summed E-state index contributed by atoms with van der Waals surface area (Å²) >= 11 is 0. The van der Waals surface area contributed by atoms with E-state index in [4.69, 9.17) is 0 Å². The van der Waals surface area contributed by atoms with Crippen LogP contribution in [0, 0.1) is 5.92 Å². The first-order chi connectivity index (χ1) is 8.25. The molecule has 1 fully saturated rings. The summed E-state index contributed by atoms with van der Waals surface area (Å²) in [4.78, 5) is 11.8. The molecule has 0 bridgehead atoms. The van der Waals surface area contributed by atoms with Crippen LogP contribution in [0.5, 0.6) is 0 Å². The largest absolute Gasteiger partial charge is 0.352 e. The number of piperidine rings is 1. The zero-order valence-electron chi connectivity index (χ0n) is 10.2. The lowest BCUT2D eigenvalue weighted by Crippen LogP contribution is -2.45. The van der Waals surface area contributed by atoms with E-state index in [1.165, 1.54) is 12.8 Å². The summed E-state index contributed by atoms with van der Waals surface area (Å²) in [5.41, 5.74) is 0. The molecule has 0 saturated carbocycles. The first kappa shape index (κ1) is 12.1. The summed E-state index contributed by atoms with van der Waals surface area (Å²) in [5, 5.41) is 10.4. The number of amides is 1. The average molecular weight is 236 g/mol. The molecule has 1 amide bonds. The Hall–Kier alpha value is -1.36. The predicted octanol–water partition coefficient (Wildman–Crippen LogP) is 0.387. The Bertz CT molecular complexity index is 343. The molecule has 0 radical (unpaired) electrons. The van der Waals surface area contributed by atoms with Crippen molar-refractivity contribution in [2.45, 2.75) is 32.4 Å². The van der Waals surface area contributed by atoms with E-state index < -0.39 is 0 Å². The Morgan fingerprint density at radius 1 is 1.71 bits per heavy atom.